The number of carbonyl (C=O) groups is 1. The Kier molecular flexibility index (Phi) is 8.81. The van der Waals surface area contributed by atoms with Crippen molar-refractivity contribution in [2.24, 2.45) is 5.41 Å². The van der Waals surface area contributed by atoms with Gasteiger partial charge in [0.15, 0.2) is 8.32 Å². The van der Waals surface area contributed by atoms with E-state index in [4.69, 9.17) is 28.4 Å². The first-order valence-corrected chi connectivity index (χ1v) is 22.3. The number of benzene rings is 1. The van der Waals surface area contributed by atoms with Crippen LogP contribution in [0.15, 0.2) is 29.2 Å². The first-order valence-electron chi connectivity index (χ1n) is 17.4. The maximum absolute atomic E-state index is 13.8. The van der Waals surface area contributed by atoms with Crippen LogP contribution in [-0.2, 0) is 33.8 Å². The minimum absolute atomic E-state index is 0.0874. The van der Waals surface area contributed by atoms with Gasteiger partial charge in [0.2, 0.25) is 0 Å². The van der Waals surface area contributed by atoms with E-state index in [0.29, 0.717) is 87.6 Å². The van der Waals surface area contributed by atoms with Gasteiger partial charge in [-0.05, 0) is 60.7 Å². The molecule has 3 atom stereocenters. The number of rotatable bonds is 6. The fraction of sp³-hybridized carbons (Fsp3) is 0.667. The lowest BCUT2D eigenvalue weighted by Gasteiger charge is -2.48. The maximum atomic E-state index is 13.8. The largest absolute Gasteiger partial charge is 0.455 e. The number of halogens is 5. The van der Waals surface area contributed by atoms with Gasteiger partial charge in [0.05, 0.1) is 23.1 Å². The van der Waals surface area contributed by atoms with Crippen LogP contribution in [0.1, 0.15) is 132 Å². The summed E-state index contributed by atoms with van der Waals surface area (Å²) in [6, 6.07) is 3.11. The molecule has 0 saturated carbocycles. The second-order valence-electron chi connectivity index (χ2n) is 16.7. The summed E-state index contributed by atoms with van der Waals surface area (Å²) in [5, 5.41) is -0.136. The van der Waals surface area contributed by atoms with Gasteiger partial charge in [0.25, 0.3) is 0 Å². The molecule has 3 aliphatic heterocycles. The predicted molar refractivity (Wildman–Crippen MR) is 183 cm³/mol. The van der Waals surface area contributed by atoms with Crippen molar-refractivity contribution in [2.45, 2.75) is 127 Å². The van der Waals surface area contributed by atoms with Crippen molar-refractivity contribution in [1.29, 1.82) is 0 Å². The quantitative estimate of drug-likeness (QED) is 0.165. The predicted octanol–water partition coefficient (Wildman–Crippen LogP) is 10.9. The Morgan fingerprint density at radius 3 is 2.04 bits per heavy atom. The van der Waals surface area contributed by atoms with Gasteiger partial charge >= 0.3 is 16.2 Å². The van der Waals surface area contributed by atoms with Gasteiger partial charge in [-0.15, -0.1) is 0 Å². The highest BCUT2D eigenvalue weighted by Gasteiger charge is 2.65. The summed E-state index contributed by atoms with van der Waals surface area (Å²) in [5.74, 6) is -0.526. The number of esters is 1. The summed E-state index contributed by atoms with van der Waals surface area (Å²) in [6.45, 7) is 18.1. The van der Waals surface area contributed by atoms with Crippen LogP contribution in [0.4, 0.5) is 19.4 Å². The van der Waals surface area contributed by atoms with Crippen LogP contribution >= 0.6 is 10.2 Å². The minimum atomic E-state index is -9.91. The molecular formula is C36H50F5NO6SSi. The van der Waals surface area contributed by atoms with Crippen molar-refractivity contribution in [3.05, 3.63) is 57.9 Å². The normalized spacial score (nSPS) is 26.9. The van der Waals surface area contributed by atoms with E-state index < -0.39 is 58.7 Å². The summed E-state index contributed by atoms with van der Waals surface area (Å²) >= 11 is 0. The second-order valence-corrected chi connectivity index (χ2v) is 23.8. The summed E-state index contributed by atoms with van der Waals surface area (Å²) in [4.78, 5) is 16.1. The molecule has 4 aliphatic rings. The van der Waals surface area contributed by atoms with E-state index in [1.165, 1.54) is 6.92 Å². The number of fused-ring (bicyclic) bond motifs is 4. The molecule has 1 spiro atoms. The number of ether oxygens (including phenoxy) is 4. The molecule has 1 aromatic carbocycles. The van der Waals surface area contributed by atoms with Crippen LogP contribution in [0.25, 0.3) is 0 Å². The molecular weight excluding hydrogens is 698 g/mol. The molecule has 50 heavy (non-hydrogen) atoms. The highest BCUT2D eigenvalue weighted by Crippen LogP contribution is 3.02. The van der Waals surface area contributed by atoms with Crippen LogP contribution in [-0.4, -0.2) is 45.7 Å². The molecule has 2 fully saturated rings. The Hall–Kier alpha value is -2.10. The standard InChI is InChI=1S/C36H50F5NO6SSi/c1-22(43)46-33-31-27(26(21-35(33,5)6)48-50(7,8)34(2,3)4)29-28(30(42-31)23-13-17-44-18-14-23)32(47-36(29)15-19-45-20-16-36)24-9-11-25(12-10-24)49(37,38,39,40)41/h9-12,23,26,32-33H,13-21H2,1-8H3/t26?,32-,33+/m1/s1. The van der Waals surface area contributed by atoms with Gasteiger partial charge in [0.1, 0.15) is 17.1 Å². The van der Waals surface area contributed by atoms with Crippen molar-refractivity contribution < 1.29 is 47.6 Å². The number of hydrogen-bond acceptors (Lipinski definition) is 7. The number of pyridine rings is 1. The Labute approximate surface area is 292 Å². The van der Waals surface area contributed by atoms with E-state index in [0.717, 1.165) is 28.8 Å². The summed E-state index contributed by atoms with van der Waals surface area (Å²) in [5.41, 5.74) is 2.57. The molecule has 2 saturated heterocycles. The molecule has 7 nitrogen and oxygen atoms in total. The third-order valence-corrected chi connectivity index (χ3v) is 17.1. The molecule has 0 N–H and O–H groups in total. The Bertz CT molecular complexity index is 1650. The van der Waals surface area contributed by atoms with Crippen molar-refractivity contribution in [2.75, 3.05) is 26.4 Å². The highest BCUT2D eigenvalue weighted by atomic mass is 32.5. The molecule has 0 radical (unpaired) electrons. The van der Waals surface area contributed by atoms with Crippen LogP contribution in [0.2, 0.25) is 18.1 Å². The fourth-order valence-electron chi connectivity index (χ4n) is 7.83. The van der Waals surface area contributed by atoms with Gasteiger partial charge < -0.3 is 23.4 Å². The molecule has 0 bridgehead atoms. The zero-order chi connectivity index (χ0) is 36.8. The lowest BCUT2D eigenvalue weighted by atomic mass is 9.68. The number of aromatic nitrogens is 1. The maximum Gasteiger partial charge on any atom is 0.310 e. The van der Waals surface area contributed by atoms with E-state index >= 15 is 0 Å². The van der Waals surface area contributed by atoms with E-state index in [2.05, 4.69) is 47.7 Å². The van der Waals surface area contributed by atoms with E-state index in [9.17, 15) is 24.2 Å². The van der Waals surface area contributed by atoms with Gasteiger partial charge in [-0.25, -0.2) is 0 Å². The number of nitrogens with zero attached hydrogens (tertiary/aromatic N) is 1. The zero-order valence-corrected chi connectivity index (χ0v) is 32.0. The molecule has 1 aromatic heterocycles. The lowest BCUT2D eigenvalue weighted by Crippen LogP contribution is -2.46. The van der Waals surface area contributed by atoms with Crippen molar-refractivity contribution >= 4 is 24.5 Å². The Balaban J connectivity index is 1.67. The van der Waals surface area contributed by atoms with Crippen LogP contribution in [0.5, 0.6) is 0 Å². The van der Waals surface area contributed by atoms with E-state index in [1.54, 1.807) is 0 Å². The molecule has 4 heterocycles. The van der Waals surface area contributed by atoms with Crippen molar-refractivity contribution in [1.82, 2.24) is 4.98 Å². The fourth-order valence-corrected chi connectivity index (χ4v) is 9.75. The minimum Gasteiger partial charge on any atom is -0.455 e. The highest BCUT2D eigenvalue weighted by molar-refractivity contribution is 8.45. The van der Waals surface area contributed by atoms with Crippen LogP contribution < -0.4 is 0 Å². The van der Waals surface area contributed by atoms with E-state index in [1.807, 2.05) is 0 Å². The molecule has 6 rings (SSSR count). The Morgan fingerprint density at radius 2 is 1.50 bits per heavy atom. The van der Waals surface area contributed by atoms with Gasteiger partial charge in [-0.2, -0.15) is 0 Å². The molecule has 0 amide bonds. The Morgan fingerprint density at radius 1 is 0.920 bits per heavy atom. The third kappa shape index (κ3) is 6.89. The smallest absolute Gasteiger partial charge is 0.310 e. The summed E-state index contributed by atoms with van der Waals surface area (Å²) < 4.78 is 101. The molecule has 2 aromatic rings. The lowest BCUT2D eigenvalue weighted by molar-refractivity contribution is -0.156. The summed E-state index contributed by atoms with van der Waals surface area (Å²) in [6.07, 6.45) is 0.690. The third-order valence-electron chi connectivity index (χ3n) is 11.4. The zero-order valence-electron chi connectivity index (χ0n) is 30.2. The first-order chi connectivity index (χ1) is 22.8. The van der Waals surface area contributed by atoms with Crippen molar-refractivity contribution in [3.63, 3.8) is 0 Å². The van der Waals surface area contributed by atoms with Crippen molar-refractivity contribution in [3.8, 4) is 0 Å². The van der Waals surface area contributed by atoms with Gasteiger partial charge in [-0.1, -0.05) is 66.2 Å². The number of carbonyl (C=O) groups excluding carboxylic acids is 1. The summed E-state index contributed by atoms with van der Waals surface area (Å²) in [7, 11) is -12.3. The SMILES string of the molecule is CC(=O)O[C@H]1c2nc(C3CCOCC3)c3c(c2C(O[Si](C)(C)C(C)(C)C)CC1(C)C)C1(CCOCC1)O[C@@H]3c1ccc(S(F)(F)(F)(F)F)cc1. The van der Waals surface area contributed by atoms with Crippen LogP contribution in [0.3, 0.4) is 0 Å². The van der Waals surface area contributed by atoms with Gasteiger partial charge in [0, 0.05) is 68.7 Å². The average Bonchev–Trinajstić information content (AvgIpc) is 3.31. The molecule has 1 unspecified atom stereocenters. The molecule has 1 aliphatic carbocycles. The van der Waals surface area contributed by atoms with Gasteiger partial charge in [-0.3, -0.25) is 9.78 Å². The average molecular weight is 748 g/mol. The van der Waals surface area contributed by atoms with E-state index in [-0.39, 0.29) is 11.0 Å². The van der Waals surface area contributed by atoms with Crippen LogP contribution in [0, 0.1) is 5.41 Å². The monoisotopic (exact) mass is 747 g/mol. The first kappa shape index (κ1) is 37.6. The topological polar surface area (TPSA) is 76.1 Å². The molecule has 280 valence electrons. The second kappa shape index (κ2) is 11.7. The number of hydrogen-bond donors (Lipinski definition) is 0. The molecule has 14 heteroatoms.